The van der Waals surface area contributed by atoms with E-state index in [1.54, 1.807) is 0 Å². The summed E-state index contributed by atoms with van der Waals surface area (Å²) >= 11 is 0. The monoisotopic (exact) mass is 193 g/mol. The molecule has 1 spiro atoms. The molecule has 0 unspecified atom stereocenters. The predicted octanol–water partition coefficient (Wildman–Crippen LogP) is 2.07. The molecule has 2 heteroatoms. The van der Waals surface area contributed by atoms with E-state index in [2.05, 4.69) is 20.4 Å². The second kappa shape index (κ2) is 3.11. The Morgan fingerprint density at radius 3 is 2.50 bits per heavy atom. The lowest BCUT2D eigenvalue weighted by molar-refractivity contribution is -0.152. The number of amides is 1. The Morgan fingerprint density at radius 2 is 2.07 bits per heavy atom. The molecule has 1 aliphatic carbocycles. The summed E-state index contributed by atoms with van der Waals surface area (Å²) < 4.78 is 0. The van der Waals surface area contributed by atoms with Crippen molar-refractivity contribution in [1.29, 1.82) is 0 Å². The molecule has 2 nitrogen and oxygen atoms in total. The largest absolute Gasteiger partial charge is 0.338 e. The first-order valence-electron chi connectivity index (χ1n) is 5.48. The minimum atomic E-state index is 0.101. The van der Waals surface area contributed by atoms with Crippen LogP contribution in [0.1, 0.15) is 26.7 Å². The van der Waals surface area contributed by atoms with Gasteiger partial charge in [0.05, 0.1) is 0 Å². The maximum Gasteiger partial charge on any atom is 0.245 e. The van der Waals surface area contributed by atoms with E-state index in [1.807, 2.05) is 4.90 Å². The third-order valence-corrected chi connectivity index (χ3v) is 3.87. The van der Waals surface area contributed by atoms with Crippen molar-refractivity contribution >= 4 is 5.91 Å². The molecule has 0 N–H and O–H groups in total. The van der Waals surface area contributed by atoms with E-state index in [0.717, 1.165) is 24.9 Å². The number of carbonyl (C=O) groups excluding carboxylic acids is 1. The standard InChI is InChI=1S/C12H19NO/c1-4-11(14)13-7-12(8-13)5-10(6-12)9(2)3/h4,9-10H,1,5-8H2,2-3H3. The molecule has 2 fully saturated rings. The van der Waals surface area contributed by atoms with Gasteiger partial charge in [0.25, 0.3) is 0 Å². The van der Waals surface area contributed by atoms with Gasteiger partial charge in [-0.25, -0.2) is 0 Å². The molecule has 0 atom stereocenters. The topological polar surface area (TPSA) is 20.3 Å². The van der Waals surface area contributed by atoms with E-state index in [1.165, 1.54) is 18.9 Å². The van der Waals surface area contributed by atoms with Gasteiger partial charge in [0, 0.05) is 18.5 Å². The summed E-state index contributed by atoms with van der Waals surface area (Å²) in [5.74, 6) is 1.81. The molecule has 1 heterocycles. The minimum absolute atomic E-state index is 0.101. The number of nitrogens with zero attached hydrogens (tertiary/aromatic N) is 1. The van der Waals surface area contributed by atoms with Gasteiger partial charge >= 0.3 is 0 Å². The molecule has 1 saturated carbocycles. The normalized spacial score (nSPS) is 24.6. The van der Waals surface area contributed by atoms with E-state index in [9.17, 15) is 4.79 Å². The van der Waals surface area contributed by atoms with Gasteiger partial charge < -0.3 is 4.90 Å². The maximum absolute atomic E-state index is 11.2. The molecule has 2 rings (SSSR count). The summed E-state index contributed by atoms with van der Waals surface area (Å²) in [5, 5.41) is 0. The molecule has 1 amide bonds. The molecule has 0 radical (unpaired) electrons. The molecule has 0 bridgehead atoms. The van der Waals surface area contributed by atoms with E-state index in [4.69, 9.17) is 0 Å². The zero-order valence-corrected chi connectivity index (χ0v) is 9.12. The average molecular weight is 193 g/mol. The lowest BCUT2D eigenvalue weighted by atomic mass is 9.55. The van der Waals surface area contributed by atoms with Gasteiger partial charge in [0.15, 0.2) is 0 Å². The fourth-order valence-electron chi connectivity index (χ4n) is 2.83. The van der Waals surface area contributed by atoms with Crippen molar-refractivity contribution in [2.24, 2.45) is 17.3 Å². The van der Waals surface area contributed by atoms with Crippen LogP contribution in [0.4, 0.5) is 0 Å². The quantitative estimate of drug-likeness (QED) is 0.615. The second-order valence-electron chi connectivity index (χ2n) is 5.31. The maximum atomic E-state index is 11.2. The van der Waals surface area contributed by atoms with Crippen molar-refractivity contribution in [3.63, 3.8) is 0 Å². The zero-order chi connectivity index (χ0) is 10.3. The summed E-state index contributed by atoms with van der Waals surface area (Å²) in [5.41, 5.74) is 0.508. The Labute approximate surface area is 86.0 Å². The van der Waals surface area contributed by atoms with Gasteiger partial charge in [0.1, 0.15) is 0 Å². The number of rotatable bonds is 2. The van der Waals surface area contributed by atoms with E-state index >= 15 is 0 Å². The third kappa shape index (κ3) is 1.37. The minimum Gasteiger partial charge on any atom is -0.338 e. The number of hydrogen-bond donors (Lipinski definition) is 0. The number of hydrogen-bond acceptors (Lipinski definition) is 1. The fourth-order valence-corrected chi connectivity index (χ4v) is 2.83. The SMILES string of the molecule is C=CC(=O)N1CC2(CC(C(C)C)C2)C1. The lowest BCUT2D eigenvalue weighted by Crippen LogP contribution is -2.64. The summed E-state index contributed by atoms with van der Waals surface area (Å²) in [7, 11) is 0. The molecule has 14 heavy (non-hydrogen) atoms. The summed E-state index contributed by atoms with van der Waals surface area (Å²) in [6.45, 7) is 10.0. The Morgan fingerprint density at radius 1 is 1.50 bits per heavy atom. The molecule has 0 aromatic heterocycles. The van der Waals surface area contributed by atoms with Crippen LogP contribution < -0.4 is 0 Å². The van der Waals surface area contributed by atoms with Crippen LogP contribution in [0.3, 0.4) is 0 Å². The average Bonchev–Trinajstić information content (AvgIpc) is 1.98. The van der Waals surface area contributed by atoms with E-state index in [0.29, 0.717) is 5.41 Å². The van der Waals surface area contributed by atoms with Gasteiger partial charge in [-0.1, -0.05) is 20.4 Å². The first-order valence-corrected chi connectivity index (χ1v) is 5.48. The molecular formula is C12H19NO. The van der Waals surface area contributed by atoms with E-state index in [-0.39, 0.29) is 5.91 Å². The molecule has 2 aliphatic rings. The second-order valence-corrected chi connectivity index (χ2v) is 5.31. The summed E-state index contributed by atoms with van der Waals surface area (Å²) in [6.07, 6.45) is 4.07. The van der Waals surface area contributed by atoms with Crippen LogP contribution in [-0.2, 0) is 4.79 Å². The Balaban J connectivity index is 1.79. The molecule has 78 valence electrons. The van der Waals surface area contributed by atoms with Crippen LogP contribution in [-0.4, -0.2) is 23.9 Å². The van der Waals surface area contributed by atoms with Crippen LogP contribution in [0, 0.1) is 17.3 Å². The highest BCUT2D eigenvalue weighted by Crippen LogP contribution is 2.54. The van der Waals surface area contributed by atoms with Crippen LogP contribution in [0.5, 0.6) is 0 Å². The van der Waals surface area contributed by atoms with Crippen molar-refractivity contribution < 1.29 is 4.79 Å². The summed E-state index contributed by atoms with van der Waals surface area (Å²) in [6, 6.07) is 0. The smallest absolute Gasteiger partial charge is 0.245 e. The predicted molar refractivity (Wildman–Crippen MR) is 56.8 cm³/mol. The van der Waals surface area contributed by atoms with Gasteiger partial charge in [-0.15, -0.1) is 0 Å². The number of carbonyl (C=O) groups is 1. The molecule has 0 aromatic rings. The molecule has 0 aromatic carbocycles. The van der Waals surface area contributed by atoms with Crippen LogP contribution in [0.25, 0.3) is 0 Å². The van der Waals surface area contributed by atoms with Crippen molar-refractivity contribution in [3.8, 4) is 0 Å². The van der Waals surface area contributed by atoms with Crippen molar-refractivity contribution in [1.82, 2.24) is 4.90 Å². The molecule has 1 aliphatic heterocycles. The third-order valence-electron chi connectivity index (χ3n) is 3.87. The van der Waals surface area contributed by atoms with Crippen molar-refractivity contribution in [2.45, 2.75) is 26.7 Å². The zero-order valence-electron chi connectivity index (χ0n) is 9.12. The summed E-state index contributed by atoms with van der Waals surface area (Å²) in [4.78, 5) is 13.2. The Kier molecular flexibility index (Phi) is 2.17. The van der Waals surface area contributed by atoms with Crippen LogP contribution in [0.15, 0.2) is 12.7 Å². The highest BCUT2D eigenvalue weighted by Gasteiger charge is 2.53. The molecular weight excluding hydrogens is 174 g/mol. The van der Waals surface area contributed by atoms with Crippen LogP contribution >= 0.6 is 0 Å². The van der Waals surface area contributed by atoms with Gasteiger partial charge in [-0.3, -0.25) is 4.79 Å². The number of likely N-dealkylation sites (tertiary alicyclic amines) is 1. The Bertz CT molecular complexity index is 255. The van der Waals surface area contributed by atoms with Crippen molar-refractivity contribution in [3.05, 3.63) is 12.7 Å². The van der Waals surface area contributed by atoms with Gasteiger partial charge in [0.2, 0.25) is 5.91 Å². The van der Waals surface area contributed by atoms with Crippen molar-refractivity contribution in [2.75, 3.05) is 13.1 Å². The van der Waals surface area contributed by atoms with Gasteiger partial charge in [-0.2, -0.15) is 0 Å². The van der Waals surface area contributed by atoms with E-state index < -0.39 is 0 Å². The lowest BCUT2D eigenvalue weighted by Gasteiger charge is -2.60. The highest BCUT2D eigenvalue weighted by atomic mass is 16.2. The van der Waals surface area contributed by atoms with Gasteiger partial charge in [-0.05, 0) is 30.8 Å². The Hall–Kier alpha value is -0.790. The highest BCUT2D eigenvalue weighted by molar-refractivity contribution is 5.87. The fraction of sp³-hybridized carbons (Fsp3) is 0.750. The first kappa shape index (κ1) is 9.75. The molecule has 1 saturated heterocycles. The van der Waals surface area contributed by atoms with Crippen LogP contribution in [0.2, 0.25) is 0 Å². The first-order chi connectivity index (χ1) is 6.56.